The molecular weight excluding hydrogens is 352 g/mol. The minimum atomic E-state index is -0.199. The fourth-order valence-corrected chi connectivity index (χ4v) is 3.48. The van der Waals surface area contributed by atoms with E-state index < -0.39 is 0 Å². The van der Waals surface area contributed by atoms with Crippen molar-refractivity contribution in [1.82, 2.24) is 15.1 Å². The molecule has 1 fully saturated rings. The van der Waals surface area contributed by atoms with Gasteiger partial charge in [0.15, 0.2) is 0 Å². The van der Waals surface area contributed by atoms with E-state index in [0.717, 1.165) is 30.3 Å². The maximum Gasteiger partial charge on any atom is 0.274 e. The van der Waals surface area contributed by atoms with E-state index in [-0.39, 0.29) is 24.7 Å². The molecule has 9 heteroatoms. The summed E-state index contributed by atoms with van der Waals surface area (Å²) in [7, 11) is 0. The molecule has 2 aromatic rings. The van der Waals surface area contributed by atoms with Crippen LogP contribution in [0.2, 0.25) is 0 Å². The Morgan fingerprint density at radius 1 is 1.19 bits per heavy atom. The average Bonchev–Trinajstić information content (AvgIpc) is 3.14. The Balaban J connectivity index is 1.40. The molecule has 3 heterocycles. The first-order valence-electron chi connectivity index (χ1n) is 8.77. The number of amides is 2. The third kappa shape index (κ3) is 4.75. The van der Waals surface area contributed by atoms with Gasteiger partial charge >= 0.3 is 0 Å². The highest BCUT2D eigenvalue weighted by molar-refractivity contribution is 7.15. The van der Waals surface area contributed by atoms with Crippen molar-refractivity contribution in [3.05, 3.63) is 29.4 Å². The van der Waals surface area contributed by atoms with Crippen molar-refractivity contribution in [3.8, 4) is 0 Å². The Kier molecular flexibility index (Phi) is 6.11. The number of piperazine rings is 1. The first-order valence-corrected chi connectivity index (χ1v) is 9.59. The van der Waals surface area contributed by atoms with E-state index in [2.05, 4.69) is 25.4 Å². The molecule has 2 aromatic heterocycles. The largest absolute Gasteiger partial charge is 0.335 e. The van der Waals surface area contributed by atoms with Gasteiger partial charge in [-0.15, -0.1) is 10.2 Å². The van der Waals surface area contributed by atoms with Crippen molar-refractivity contribution in [2.24, 2.45) is 0 Å². The molecule has 3 rings (SSSR count). The summed E-state index contributed by atoms with van der Waals surface area (Å²) < 4.78 is 0. The van der Waals surface area contributed by atoms with Gasteiger partial charge in [-0.25, -0.2) is 4.98 Å². The van der Waals surface area contributed by atoms with Crippen LogP contribution in [0.15, 0.2) is 24.4 Å². The molecule has 0 radical (unpaired) electrons. The van der Waals surface area contributed by atoms with Crippen LogP contribution in [0.4, 0.5) is 10.9 Å². The van der Waals surface area contributed by atoms with Gasteiger partial charge in [0.25, 0.3) is 5.82 Å². The smallest absolute Gasteiger partial charge is 0.274 e. The van der Waals surface area contributed by atoms with Crippen molar-refractivity contribution in [1.29, 1.82) is 0 Å². The molecule has 0 spiro atoms. The van der Waals surface area contributed by atoms with Crippen LogP contribution in [0.3, 0.4) is 0 Å². The highest BCUT2D eigenvalue weighted by Crippen LogP contribution is 2.16. The second kappa shape index (κ2) is 8.70. The number of pyridine rings is 1. The lowest BCUT2D eigenvalue weighted by molar-refractivity contribution is -0.364. The molecule has 1 aliphatic heterocycles. The first-order chi connectivity index (χ1) is 12.7. The van der Waals surface area contributed by atoms with E-state index in [1.165, 1.54) is 11.3 Å². The van der Waals surface area contributed by atoms with E-state index in [9.17, 15) is 9.59 Å². The summed E-state index contributed by atoms with van der Waals surface area (Å²) in [5, 5.41) is 12.0. The molecule has 8 nitrogen and oxygen atoms in total. The van der Waals surface area contributed by atoms with Gasteiger partial charge in [0.05, 0.1) is 19.3 Å². The number of aromatic nitrogens is 3. The Labute approximate surface area is 156 Å². The average molecular weight is 375 g/mol. The minimum absolute atomic E-state index is 0.0170. The van der Waals surface area contributed by atoms with E-state index in [1.54, 1.807) is 0 Å². The zero-order chi connectivity index (χ0) is 18.4. The lowest BCUT2D eigenvalue weighted by atomic mass is 10.2. The van der Waals surface area contributed by atoms with Gasteiger partial charge in [-0.1, -0.05) is 24.3 Å². The molecule has 1 aliphatic rings. The molecule has 0 unspecified atom stereocenters. The number of carbonyl (C=O) groups excluding carboxylic acids is 2. The van der Waals surface area contributed by atoms with Gasteiger partial charge in [0, 0.05) is 18.9 Å². The number of carbonyl (C=O) groups is 2. The lowest BCUT2D eigenvalue weighted by Crippen LogP contribution is -2.50. The number of nitrogens with zero attached hydrogens (tertiary/aromatic N) is 4. The Morgan fingerprint density at radius 2 is 2.00 bits per heavy atom. The molecule has 0 aromatic carbocycles. The summed E-state index contributed by atoms with van der Waals surface area (Å²) in [5.41, 5.74) is 0. The van der Waals surface area contributed by atoms with Crippen LogP contribution >= 0.6 is 11.3 Å². The van der Waals surface area contributed by atoms with Crippen LogP contribution in [0.25, 0.3) is 0 Å². The molecule has 2 amide bonds. The standard InChI is InChI=1S/C17H22N6O2S/c1-2-15-20-21-17(26-15)19-14(24)6-7-16(25)23-11-9-22(10-12-23)13-5-3-4-8-18-13/h3-5,8H,2,6-7,9-12H2,1H3,(H,19,21,24)/p+1. The quantitative estimate of drug-likeness (QED) is 0.813. The molecule has 0 aliphatic carbocycles. The Morgan fingerprint density at radius 3 is 2.65 bits per heavy atom. The fourth-order valence-electron chi connectivity index (χ4n) is 2.78. The Bertz CT molecular complexity index is 743. The number of anilines is 2. The molecule has 138 valence electrons. The predicted octanol–water partition coefficient (Wildman–Crippen LogP) is 0.982. The summed E-state index contributed by atoms with van der Waals surface area (Å²) in [6.45, 7) is 4.88. The molecule has 0 saturated carbocycles. The summed E-state index contributed by atoms with van der Waals surface area (Å²) in [5.74, 6) is 0.875. The van der Waals surface area contributed by atoms with Crippen LogP contribution in [-0.2, 0) is 16.0 Å². The molecule has 26 heavy (non-hydrogen) atoms. The zero-order valence-electron chi connectivity index (χ0n) is 14.8. The van der Waals surface area contributed by atoms with E-state index in [1.807, 2.05) is 36.2 Å². The topological polar surface area (TPSA) is 92.6 Å². The van der Waals surface area contributed by atoms with Crippen LogP contribution < -0.4 is 15.2 Å². The monoisotopic (exact) mass is 375 g/mol. The van der Waals surface area contributed by atoms with E-state index in [4.69, 9.17) is 0 Å². The van der Waals surface area contributed by atoms with Crippen molar-refractivity contribution in [2.75, 3.05) is 36.4 Å². The maximum absolute atomic E-state index is 12.3. The van der Waals surface area contributed by atoms with Gasteiger partial charge in [0.2, 0.25) is 16.9 Å². The third-order valence-corrected chi connectivity index (χ3v) is 5.23. The van der Waals surface area contributed by atoms with Gasteiger partial charge in [0.1, 0.15) is 18.1 Å². The maximum atomic E-state index is 12.3. The van der Waals surface area contributed by atoms with Gasteiger partial charge < -0.3 is 10.2 Å². The normalized spacial score (nSPS) is 14.3. The molecule has 2 N–H and O–H groups in total. The summed E-state index contributed by atoms with van der Waals surface area (Å²) in [6, 6.07) is 5.96. The molecule has 0 atom stereocenters. The summed E-state index contributed by atoms with van der Waals surface area (Å²) >= 11 is 1.36. The van der Waals surface area contributed by atoms with Crippen molar-refractivity contribution >= 4 is 34.1 Å². The third-order valence-electron chi connectivity index (χ3n) is 4.25. The predicted molar refractivity (Wildman–Crippen MR) is 98.9 cm³/mol. The van der Waals surface area contributed by atoms with Gasteiger partial charge in [-0.3, -0.25) is 14.5 Å². The van der Waals surface area contributed by atoms with Crippen molar-refractivity contribution in [3.63, 3.8) is 0 Å². The van der Waals surface area contributed by atoms with E-state index >= 15 is 0 Å². The summed E-state index contributed by atoms with van der Waals surface area (Å²) in [4.78, 5) is 31.6. The molecule has 0 bridgehead atoms. The van der Waals surface area contributed by atoms with Crippen molar-refractivity contribution < 1.29 is 14.6 Å². The molecule has 1 saturated heterocycles. The van der Waals surface area contributed by atoms with Crippen LogP contribution in [0.5, 0.6) is 0 Å². The van der Waals surface area contributed by atoms with Gasteiger partial charge in [-0.2, -0.15) is 0 Å². The van der Waals surface area contributed by atoms with Crippen LogP contribution in [0.1, 0.15) is 24.8 Å². The number of hydrogen-bond acceptors (Lipinski definition) is 6. The number of rotatable bonds is 6. The van der Waals surface area contributed by atoms with E-state index in [0.29, 0.717) is 18.2 Å². The zero-order valence-corrected chi connectivity index (χ0v) is 15.6. The van der Waals surface area contributed by atoms with Crippen molar-refractivity contribution in [2.45, 2.75) is 26.2 Å². The number of H-pyrrole nitrogens is 1. The highest BCUT2D eigenvalue weighted by Gasteiger charge is 2.26. The minimum Gasteiger partial charge on any atom is -0.335 e. The molecular formula is C17H23N6O2S+. The Hall–Kier alpha value is -2.55. The lowest BCUT2D eigenvalue weighted by Gasteiger charge is -2.31. The van der Waals surface area contributed by atoms with Gasteiger partial charge in [-0.05, 0) is 12.5 Å². The summed E-state index contributed by atoms with van der Waals surface area (Å²) in [6.07, 6.45) is 3.06. The number of aromatic amines is 1. The highest BCUT2D eigenvalue weighted by atomic mass is 32.1. The van der Waals surface area contributed by atoms with Crippen LogP contribution in [0, 0.1) is 0 Å². The van der Waals surface area contributed by atoms with Crippen LogP contribution in [-0.4, -0.2) is 53.1 Å². The SMILES string of the molecule is CCc1nnc(NC(=O)CCC(=O)N2CCN(c3cccc[nH+]3)CC2)s1. The number of aryl methyl sites for hydroxylation is 1. The fraction of sp³-hybridized carbons (Fsp3) is 0.471. The number of nitrogens with one attached hydrogen (secondary N) is 2. The second-order valence-corrected chi connectivity index (χ2v) is 7.08. The number of hydrogen-bond donors (Lipinski definition) is 1. The first kappa shape index (κ1) is 18.2. The second-order valence-electron chi connectivity index (χ2n) is 6.02.